The molecule has 1 atom stereocenters. The van der Waals surface area contributed by atoms with Crippen molar-refractivity contribution in [3.05, 3.63) is 35.6 Å². The molecule has 1 aromatic rings. The van der Waals surface area contributed by atoms with Crippen LogP contribution in [0.4, 0.5) is 4.39 Å². The van der Waals surface area contributed by atoms with Crippen molar-refractivity contribution in [1.82, 2.24) is 0 Å². The fraction of sp³-hybridized carbons (Fsp3) is 0.500. The van der Waals surface area contributed by atoms with Crippen LogP contribution in [0.2, 0.25) is 0 Å². The minimum absolute atomic E-state index is 0.0232. The molecule has 0 aromatic heterocycles. The number of hydrogen-bond donors (Lipinski definition) is 1. The Labute approximate surface area is 89.7 Å². The molecule has 0 amide bonds. The van der Waals surface area contributed by atoms with E-state index in [0.717, 1.165) is 12.8 Å². The standard InChI is InChI=1S/C12H17FO2/c1-15-8-4-5-10(9-14)11-6-2-3-7-12(11)13/h2-3,6-7,10,14H,4-5,8-9H2,1H3. The van der Waals surface area contributed by atoms with Gasteiger partial charge in [-0.2, -0.15) is 0 Å². The van der Waals surface area contributed by atoms with Gasteiger partial charge in [-0.15, -0.1) is 0 Å². The molecule has 15 heavy (non-hydrogen) atoms. The van der Waals surface area contributed by atoms with E-state index in [2.05, 4.69) is 0 Å². The second-order valence-electron chi connectivity index (χ2n) is 3.54. The monoisotopic (exact) mass is 212 g/mol. The highest BCUT2D eigenvalue weighted by molar-refractivity contribution is 5.21. The van der Waals surface area contributed by atoms with Crippen LogP contribution in [0.1, 0.15) is 24.3 Å². The maximum atomic E-state index is 13.4. The predicted octanol–water partition coefficient (Wildman–Crippen LogP) is 2.33. The molecule has 0 aliphatic rings. The lowest BCUT2D eigenvalue weighted by Gasteiger charge is -2.14. The molecular weight excluding hydrogens is 195 g/mol. The van der Waals surface area contributed by atoms with Gasteiger partial charge in [0.1, 0.15) is 5.82 Å². The van der Waals surface area contributed by atoms with Crippen molar-refractivity contribution in [2.24, 2.45) is 0 Å². The summed E-state index contributed by atoms with van der Waals surface area (Å²) in [5.74, 6) is -0.365. The van der Waals surface area contributed by atoms with Crippen LogP contribution in [0.5, 0.6) is 0 Å². The normalized spacial score (nSPS) is 12.7. The van der Waals surface area contributed by atoms with Crippen molar-refractivity contribution in [2.45, 2.75) is 18.8 Å². The number of methoxy groups -OCH3 is 1. The molecule has 0 fully saturated rings. The summed E-state index contributed by atoms with van der Waals surface area (Å²) >= 11 is 0. The third-order valence-corrected chi connectivity index (χ3v) is 2.47. The highest BCUT2D eigenvalue weighted by Crippen LogP contribution is 2.23. The molecule has 1 rings (SSSR count). The van der Waals surface area contributed by atoms with E-state index in [-0.39, 0.29) is 18.3 Å². The number of aliphatic hydroxyl groups excluding tert-OH is 1. The Bertz CT molecular complexity index is 289. The van der Waals surface area contributed by atoms with E-state index in [1.54, 1.807) is 25.3 Å². The van der Waals surface area contributed by atoms with Crippen LogP contribution in [0.15, 0.2) is 24.3 Å². The summed E-state index contributed by atoms with van der Waals surface area (Å²) in [6.45, 7) is 0.621. The summed E-state index contributed by atoms with van der Waals surface area (Å²) in [6.07, 6.45) is 1.57. The summed E-state index contributed by atoms with van der Waals surface area (Å²) in [5, 5.41) is 9.20. The molecule has 3 heteroatoms. The lowest BCUT2D eigenvalue weighted by Crippen LogP contribution is -2.07. The SMILES string of the molecule is COCCCC(CO)c1ccccc1F. The van der Waals surface area contributed by atoms with Gasteiger partial charge in [-0.1, -0.05) is 18.2 Å². The summed E-state index contributed by atoms with van der Waals surface area (Å²) in [7, 11) is 1.64. The first-order valence-electron chi connectivity index (χ1n) is 5.13. The number of ether oxygens (including phenoxy) is 1. The van der Waals surface area contributed by atoms with Crippen LogP contribution in [0, 0.1) is 5.82 Å². The quantitative estimate of drug-likeness (QED) is 0.733. The lowest BCUT2D eigenvalue weighted by atomic mass is 9.95. The number of rotatable bonds is 6. The number of benzene rings is 1. The maximum absolute atomic E-state index is 13.4. The Balaban J connectivity index is 2.61. The van der Waals surface area contributed by atoms with Crippen LogP contribution >= 0.6 is 0 Å². The van der Waals surface area contributed by atoms with E-state index in [9.17, 15) is 9.50 Å². The maximum Gasteiger partial charge on any atom is 0.126 e. The zero-order valence-electron chi connectivity index (χ0n) is 8.95. The van der Waals surface area contributed by atoms with Crippen LogP contribution in [-0.2, 0) is 4.74 Å². The lowest BCUT2D eigenvalue weighted by molar-refractivity contribution is 0.182. The van der Waals surface area contributed by atoms with E-state index < -0.39 is 0 Å². The van der Waals surface area contributed by atoms with Gasteiger partial charge in [0.2, 0.25) is 0 Å². The van der Waals surface area contributed by atoms with Gasteiger partial charge in [0.15, 0.2) is 0 Å². The molecule has 1 N–H and O–H groups in total. The largest absolute Gasteiger partial charge is 0.396 e. The Morgan fingerprint density at radius 2 is 2.13 bits per heavy atom. The molecule has 2 nitrogen and oxygen atoms in total. The predicted molar refractivity (Wildman–Crippen MR) is 57.3 cm³/mol. The van der Waals surface area contributed by atoms with Gasteiger partial charge in [0.25, 0.3) is 0 Å². The van der Waals surface area contributed by atoms with Crippen LogP contribution in [0.3, 0.4) is 0 Å². The fourth-order valence-corrected chi connectivity index (χ4v) is 1.63. The Morgan fingerprint density at radius 3 is 2.73 bits per heavy atom. The molecular formula is C12H17FO2. The van der Waals surface area contributed by atoms with Gasteiger partial charge in [0, 0.05) is 19.6 Å². The van der Waals surface area contributed by atoms with Gasteiger partial charge < -0.3 is 9.84 Å². The van der Waals surface area contributed by atoms with Crippen molar-refractivity contribution in [2.75, 3.05) is 20.3 Å². The molecule has 0 radical (unpaired) electrons. The van der Waals surface area contributed by atoms with Gasteiger partial charge in [-0.3, -0.25) is 0 Å². The Kier molecular flexibility index (Phi) is 5.29. The van der Waals surface area contributed by atoms with Crippen molar-refractivity contribution in [3.63, 3.8) is 0 Å². The number of halogens is 1. The van der Waals surface area contributed by atoms with Gasteiger partial charge in [0.05, 0.1) is 6.61 Å². The van der Waals surface area contributed by atoms with Crippen LogP contribution in [-0.4, -0.2) is 25.4 Å². The second kappa shape index (κ2) is 6.53. The zero-order chi connectivity index (χ0) is 11.1. The third-order valence-electron chi connectivity index (χ3n) is 2.47. The van der Waals surface area contributed by atoms with Crippen molar-refractivity contribution in [1.29, 1.82) is 0 Å². The summed E-state index contributed by atoms with van der Waals surface area (Å²) in [6, 6.07) is 6.59. The van der Waals surface area contributed by atoms with Crippen molar-refractivity contribution in [3.8, 4) is 0 Å². The van der Waals surface area contributed by atoms with E-state index >= 15 is 0 Å². The highest BCUT2D eigenvalue weighted by Gasteiger charge is 2.13. The molecule has 0 spiro atoms. The molecule has 1 unspecified atom stereocenters. The third kappa shape index (κ3) is 3.61. The fourth-order valence-electron chi connectivity index (χ4n) is 1.63. The van der Waals surface area contributed by atoms with E-state index in [0.29, 0.717) is 12.2 Å². The van der Waals surface area contributed by atoms with E-state index in [1.807, 2.05) is 0 Å². The average molecular weight is 212 g/mol. The summed E-state index contributed by atoms with van der Waals surface area (Å²) in [4.78, 5) is 0. The number of aliphatic hydroxyl groups is 1. The average Bonchev–Trinajstić information content (AvgIpc) is 2.26. The number of hydrogen-bond acceptors (Lipinski definition) is 2. The smallest absolute Gasteiger partial charge is 0.126 e. The Morgan fingerprint density at radius 1 is 1.40 bits per heavy atom. The highest BCUT2D eigenvalue weighted by atomic mass is 19.1. The topological polar surface area (TPSA) is 29.5 Å². The van der Waals surface area contributed by atoms with Crippen LogP contribution < -0.4 is 0 Å². The van der Waals surface area contributed by atoms with Crippen molar-refractivity contribution >= 4 is 0 Å². The minimum atomic E-state index is -0.242. The first-order chi connectivity index (χ1) is 7.29. The summed E-state index contributed by atoms with van der Waals surface area (Å²) in [5.41, 5.74) is 0.594. The molecule has 0 bridgehead atoms. The minimum Gasteiger partial charge on any atom is -0.396 e. The van der Waals surface area contributed by atoms with Gasteiger partial charge in [-0.25, -0.2) is 4.39 Å². The van der Waals surface area contributed by atoms with E-state index in [4.69, 9.17) is 4.74 Å². The zero-order valence-corrected chi connectivity index (χ0v) is 8.95. The molecule has 0 aliphatic carbocycles. The molecule has 0 saturated heterocycles. The van der Waals surface area contributed by atoms with Gasteiger partial charge >= 0.3 is 0 Å². The summed E-state index contributed by atoms with van der Waals surface area (Å²) < 4.78 is 18.3. The van der Waals surface area contributed by atoms with Crippen LogP contribution in [0.25, 0.3) is 0 Å². The molecule has 84 valence electrons. The first kappa shape index (κ1) is 12.1. The van der Waals surface area contributed by atoms with Crippen molar-refractivity contribution < 1.29 is 14.2 Å². The molecule has 0 saturated carbocycles. The van der Waals surface area contributed by atoms with E-state index in [1.165, 1.54) is 6.07 Å². The van der Waals surface area contributed by atoms with Gasteiger partial charge in [-0.05, 0) is 24.5 Å². The molecule has 0 aliphatic heterocycles. The molecule has 0 heterocycles. The first-order valence-corrected chi connectivity index (χ1v) is 5.13. The second-order valence-corrected chi connectivity index (χ2v) is 3.54. The molecule has 1 aromatic carbocycles. The Hall–Kier alpha value is -0.930.